The summed E-state index contributed by atoms with van der Waals surface area (Å²) < 4.78 is 32.1. The van der Waals surface area contributed by atoms with Crippen molar-refractivity contribution in [2.75, 3.05) is 11.9 Å². The second kappa shape index (κ2) is 7.56. The molecular weight excluding hydrogens is 360 g/mol. The lowest BCUT2D eigenvalue weighted by molar-refractivity contribution is 0.567. The zero-order valence-electron chi connectivity index (χ0n) is 16.0. The standard InChI is InChI=1S/C21H24N2O3S/c1-14(2)13-22-20-21(27(24,25)18-11-7-16(4)8-12-18)23-19(26-20)17-9-5-15(3)6-10-17/h5-12,14,22H,13H2,1-4H3. The summed E-state index contributed by atoms with van der Waals surface area (Å²) in [5.74, 6) is 0.791. The molecule has 0 amide bonds. The molecule has 3 aromatic rings. The topological polar surface area (TPSA) is 72.2 Å². The zero-order chi connectivity index (χ0) is 19.6. The predicted molar refractivity (Wildman–Crippen MR) is 107 cm³/mol. The van der Waals surface area contributed by atoms with E-state index in [-0.39, 0.29) is 21.7 Å². The normalized spacial score (nSPS) is 11.7. The largest absolute Gasteiger partial charge is 0.419 e. The van der Waals surface area contributed by atoms with Gasteiger partial charge in [0.1, 0.15) is 0 Å². The Hall–Kier alpha value is -2.60. The maximum Gasteiger partial charge on any atom is 0.233 e. The molecule has 5 nitrogen and oxygen atoms in total. The van der Waals surface area contributed by atoms with Gasteiger partial charge in [-0.25, -0.2) is 8.42 Å². The van der Waals surface area contributed by atoms with Gasteiger partial charge in [-0.05, 0) is 44.0 Å². The quantitative estimate of drug-likeness (QED) is 0.657. The Balaban J connectivity index is 2.08. The number of aryl methyl sites for hydroxylation is 2. The van der Waals surface area contributed by atoms with Crippen LogP contribution >= 0.6 is 0 Å². The molecule has 1 N–H and O–H groups in total. The van der Waals surface area contributed by atoms with Crippen molar-refractivity contribution in [3.8, 4) is 11.5 Å². The Bertz CT molecular complexity index is 1020. The highest BCUT2D eigenvalue weighted by Gasteiger charge is 2.28. The minimum absolute atomic E-state index is 0.0809. The maximum atomic E-state index is 13.1. The maximum absolute atomic E-state index is 13.1. The van der Waals surface area contributed by atoms with Crippen LogP contribution in [0.3, 0.4) is 0 Å². The number of oxazole rings is 1. The van der Waals surface area contributed by atoms with Gasteiger partial charge in [0, 0.05) is 12.1 Å². The van der Waals surface area contributed by atoms with E-state index in [1.54, 1.807) is 24.3 Å². The molecule has 0 saturated carbocycles. The fourth-order valence-corrected chi connectivity index (χ4v) is 3.82. The minimum atomic E-state index is -3.80. The first-order chi connectivity index (χ1) is 12.8. The van der Waals surface area contributed by atoms with Gasteiger partial charge < -0.3 is 9.73 Å². The zero-order valence-corrected chi connectivity index (χ0v) is 16.8. The molecule has 0 fully saturated rings. The highest BCUT2D eigenvalue weighted by Crippen LogP contribution is 2.32. The number of rotatable bonds is 6. The monoisotopic (exact) mass is 384 g/mol. The summed E-state index contributed by atoms with van der Waals surface area (Å²) in [6.45, 7) is 8.57. The van der Waals surface area contributed by atoms with Gasteiger partial charge >= 0.3 is 0 Å². The van der Waals surface area contributed by atoms with Crippen molar-refractivity contribution in [1.29, 1.82) is 0 Å². The van der Waals surface area contributed by atoms with Crippen LogP contribution in [0.25, 0.3) is 11.5 Å². The van der Waals surface area contributed by atoms with E-state index >= 15 is 0 Å². The summed E-state index contributed by atoms with van der Waals surface area (Å²) in [7, 11) is -3.80. The van der Waals surface area contributed by atoms with E-state index in [9.17, 15) is 8.42 Å². The molecule has 0 bridgehead atoms. The number of benzene rings is 2. The lowest BCUT2D eigenvalue weighted by atomic mass is 10.1. The molecule has 0 saturated heterocycles. The minimum Gasteiger partial charge on any atom is -0.419 e. The van der Waals surface area contributed by atoms with Crippen molar-refractivity contribution in [2.45, 2.75) is 37.6 Å². The van der Waals surface area contributed by atoms with E-state index in [0.717, 1.165) is 16.7 Å². The van der Waals surface area contributed by atoms with E-state index in [2.05, 4.69) is 10.3 Å². The Morgan fingerprint density at radius 2 is 1.52 bits per heavy atom. The molecule has 0 spiro atoms. The Morgan fingerprint density at radius 3 is 2.07 bits per heavy atom. The first kappa shape index (κ1) is 19.2. The second-order valence-electron chi connectivity index (χ2n) is 7.11. The number of hydrogen-bond acceptors (Lipinski definition) is 5. The number of nitrogens with one attached hydrogen (secondary N) is 1. The van der Waals surface area contributed by atoms with Crippen LogP contribution in [0.15, 0.2) is 62.9 Å². The summed E-state index contributed by atoms with van der Waals surface area (Å²) in [6, 6.07) is 14.4. The summed E-state index contributed by atoms with van der Waals surface area (Å²) in [5.41, 5.74) is 2.84. The third-order valence-corrected chi connectivity index (χ3v) is 5.83. The van der Waals surface area contributed by atoms with Gasteiger partial charge in [0.25, 0.3) is 0 Å². The predicted octanol–water partition coefficient (Wildman–Crippen LogP) is 4.86. The van der Waals surface area contributed by atoms with Gasteiger partial charge in [-0.3, -0.25) is 0 Å². The van der Waals surface area contributed by atoms with Gasteiger partial charge in [0.15, 0.2) is 0 Å². The smallest absolute Gasteiger partial charge is 0.233 e. The van der Waals surface area contributed by atoms with Gasteiger partial charge in [0.2, 0.25) is 26.6 Å². The third kappa shape index (κ3) is 4.22. The Morgan fingerprint density at radius 1 is 0.963 bits per heavy atom. The van der Waals surface area contributed by atoms with Gasteiger partial charge in [-0.2, -0.15) is 4.98 Å². The molecule has 0 atom stereocenters. The van der Waals surface area contributed by atoms with Crippen LogP contribution in [0.5, 0.6) is 0 Å². The van der Waals surface area contributed by atoms with Gasteiger partial charge in [0.05, 0.1) is 4.90 Å². The molecule has 0 aliphatic heterocycles. The molecule has 0 unspecified atom stereocenters. The van der Waals surface area contributed by atoms with Crippen LogP contribution in [0.2, 0.25) is 0 Å². The fraction of sp³-hybridized carbons (Fsp3) is 0.286. The molecule has 0 radical (unpaired) electrons. The fourth-order valence-electron chi connectivity index (χ4n) is 2.55. The average molecular weight is 385 g/mol. The number of sulfone groups is 1. The highest BCUT2D eigenvalue weighted by molar-refractivity contribution is 7.91. The second-order valence-corrected chi connectivity index (χ2v) is 8.98. The lowest BCUT2D eigenvalue weighted by Gasteiger charge is -2.08. The molecule has 2 aromatic carbocycles. The molecule has 1 aromatic heterocycles. The van der Waals surface area contributed by atoms with Crippen molar-refractivity contribution in [2.24, 2.45) is 5.92 Å². The van der Waals surface area contributed by atoms with Crippen molar-refractivity contribution >= 4 is 15.7 Å². The third-order valence-electron chi connectivity index (χ3n) is 4.15. The van der Waals surface area contributed by atoms with E-state index in [4.69, 9.17) is 4.42 Å². The highest BCUT2D eigenvalue weighted by atomic mass is 32.2. The molecule has 27 heavy (non-hydrogen) atoms. The van der Waals surface area contributed by atoms with E-state index < -0.39 is 9.84 Å². The van der Waals surface area contributed by atoms with Crippen LogP contribution in [0.1, 0.15) is 25.0 Å². The summed E-state index contributed by atoms with van der Waals surface area (Å²) in [6.07, 6.45) is 0. The summed E-state index contributed by atoms with van der Waals surface area (Å²) in [4.78, 5) is 4.54. The van der Waals surface area contributed by atoms with Gasteiger partial charge in [-0.15, -0.1) is 0 Å². The lowest BCUT2D eigenvalue weighted by Crippen LogP contribution is -2.11. The van der Waals surface area contributed by atoms with Crippen LogP contribution in [0.4, 0.5) is 5.88 Å². The Labute approximate surface area is 160 Å². The molecule has 3 rings (SSSR count). The van der Waals surface area contributed by atoms with Crippen LogP contribution in [0, 0.1) is 19.8 Å². The number of aromatic nitrogens is 1. The Kier molecular flexibility index (Phi) is 5.37. The molecule has 142 valence electrons. The van der Waals surface area contributed by atoms with Crippen molar-refractivity contribution < 1.29 is 12.8 Å². The van der Waals surface area contributed by atoms with E-state index in [1.165, 1.54) is 0 Å². The molecule has 0 aliphatic rings. The first-order valence-electron chi connectivity index (χ1n) is 8.91. The molecule has 1 heterocycles. The van der Waals surface area contributed by atoms with E-state index in [1.807, 2.05) is 52.0 Å². The van der Waals surface area contributed by atoms with Crippen LogP contribution in [-0.2, 0) is 9.84 Å². The van der Waals surface area contributed by atoms with Crippen LogP contribution in [-0.4, -0.2) is 19.9 Å². The van der Waals surface area contributed by atoms with Gasteiger partial charge in [-0.1, -0.05) is 49.2 Å². The average Bonchev–Trinajstić information content (AvgIpc) is 3.06. The molecular formula is C21H24N2O3S. The number of hydrogen-bond donors (Lipinski definition) is 1. The molecule has 0 aliphatic carbocycles. The first-order valence-corrected chi connectivity index (χ1v) is 10.4. The number of anilines is 1. The summed E-state index contributed by atoms with van der Waals surface area (Å²) in [5, 5.41) is 3.01. The van der Waals surface area contributed by atoms with Crippen molar-refractivity contribution in [3.05, 3.63) is 59.7 Å². The summed E-state index contributed by atoms with van der Waals surface area (Å²) >= 11 is 0. The van der Waals surface area contributed by atoms with E-state index in [0.29, 0.717) is 12.5 Å². The SMILES string of the molecule is Cc1ccc(-c2nc(S(=O)(=O)c3ccc(C)cc3)c(NCC(C)C)o2)cc1. The van der Waals surface area contributed by atoms with Crippen molar-refractivity contribution in [3.63, 3.8) is 0 Å². The number of nitrogens with zero attached hydrogens (tertiary/aromatic N) is 1. The molecule has 6 heteroatoms. The van der Waals surface area contributed by atoms with Crippen molar-refractivity contribution in [1.82, 2.24) is 4.98 Å². The van der Waals surface area contributed by atoms with Crippen LogP contribution < -0.4 is 5.32 Å².